The van der Waals surface area contributed by atoms with E-state index < -0.39 is 17.7 Å². The highest BCUT2D eigenvalue weighted by molar-refractivity contribution is 7.99. The molecule has 1 amide bonds. The lowest BCUT2D eigenvalue weighted by Gasteiger charge is -2.36. The normalized spacial score (nSPS) is 18.6. The van der Waals surface area contributed by atoms with Crippen LogP contribution in [0.15, 0.2) is 17.0 Å². The summed E-state index contributed by atoms with van der Waals surface area (Å²) in [5.41, 5.74) is 0.812. The summed E-state index contributed by atoms with van der Waals surface area (Å²) >= 11 is 0.676. The van der Waals surface area contributed by atoms with Gasteiger partial charge in [-0.1, -0.05) is 0 Å². The third-order valence-electron chi connectivity index (χ3n) is 4.49. The molecule has 3 nitrogen and oxygen atoms in total. The second-order valence-corrected chi connectivity index (χ2v) is 7.58. The Kier molecular flexibility index (Phi) is 5.18. The molecule has 3 rings (SSSR count). The minimum atomic E-state index is -4.26. The van der Waals surface area contributed by atoms with Gasteiger partial charge in [0.1, 0.15) is 5.82 Å². The van der Waals surface area contributed by atoms with Gasteiger partial charge < -0.3 is 9.80 Å². The van der Waals surface area contributed by atoms with E-state index in [9.17, 15) is 22.4 Å². The van der Waals surface area contributed by atoms with Gasteiger partial charge in [-0.25, -0.2) is 4.39 Å². The fraction of sp³-hybridized carbons (Fsp3) is 0.588. The highest BCUT2D eigenvalue weighted by atomic mass is 32.2. The van der Waals surface area contributed by atoms with E-state index in [-0.39, 0.29) is 11.8 Å². The molecule has 0 N–H and O–H groups in total. The largest absolute Gasteiger partial charge is 0.398 e. The molecule has 25 heavy (non-hydrogen) atoms. The van der Waals surface area contributed by atoms with Gasteiger partial charge >= 0.3 is 6.18 Å². The molecule has 1 aromatic carbocycles. The number of aryl methyl sites for hydroxylation is 1. The van der Waals surface area contributed by atoms with E-state index in [0.29, 0.717) is 54.1 Å². The number of nitrogens with zero attached hydrogens (tertiary/aromatic N) is 2. The first kappa shape index (κ1) is 18.4. The number of hydrogen-bond acceptors (Lipinski definition) is 3. The number of hydrogen-bond donors (Lipinski definition) is 0. The molecule has 0 spiro atoms. The number of carbonyl (C=O) groups excluding carboxylic acids is 1. The summed E-state index contributed by atoms with van der Waals surface area (Å²) in [5, 5.41) is 0. The average molecular weight is 376 g/mol. The van der Waals surface area contributed by atoms with Crippen LogP contribution in [0.4, 0.5) is 23.2 Å². The minimum absolute atomic E-state index is 0.160. The van der Waals surface area contributed by atoms with Crippen LogP contribution in [-0.4, -0.2) is 48.9 Å². The number of rotatable bonds is 4. The molecule has 138 valence electrons. The predicted molar refractivity (Wildman–Crippen MR) is 89.4 cm³/mol. The van der Waals surface area contributed by atoms with Crippen molar-refractivity contribution in [2.75, 3.05) is 36.8 Å². The highest BCUT2D eigenvalue weighted by Gasteiger charge is 2.35. The quantitative estimate of drug-likeness (QED) is 0.589. The van der Waals surface area contributed by atoms with E-state index >= 15 is 0 Å². The number of thioether (sulfide) groups is 1. The molecule has 8 heteroatoms. The Morgan fingerprint density at radius 3 is 2.40 bits per heavy atom. The van der Waals surface area contributed by atoms with Crippen molar-refractivity contribution in [2.45, 2.75) is 30.8 Å². The molecule has 0 aromatic heterocycles. The molecule has 1 aromatic rings. The number of anilines is 1. The Bertz CT molecular complexity index is 653. The van der Waals surface area contributed by atoms with Gasteiger partial charge in [-0.3, -0.25) is 4.79 Å². The zero-order valence-electron chi connectivity index (χ0n) is 13.9. The number of amides is 1. The Balaban J connectivity index is 1.68. The molecule has 1 aliphatic carbocycles. The van der Waals surface area contributed by atoms with Crippen LogP contribution in [0.2, 0.25) is 0 Å². The van der Waals surface area contributed by atoms with Crippen molar-refractivity contribution in [3.8, 4) is 0 Å². The Hall–Kier alpha value is -1.44. The molecule has 0 unspecified atom stereocenters. The third kappa shape index (κ3) is 4.59. The summed E-state index contributed by atoms with van der Waals surface area (Å²) in [6, 6.07) is 2.79. The maximum Gasteiger partial charge on any atom is 0.398 e. The lowest BCUT2D eigenvalue weighted by molar-refractivity contribution is -0.132. The van der Waals surface area contributed by atoms with E-state index in [0.717, 1.165) is 12.8 Å². The van der Waals surface area contributed by atoms with E-state index in [2.05, 4.69) is 0 Å². The van der Waals surface area contributed by atoms with Gasteiger partial charge in [0.2, 0.25) is 5.91 Å². The van der Waals surface area contributed by atoms with Crippen molar-refractivity contribution in [2.24, 2.45) is 5.92 Å². The van der Waals surface area contributed by atoms with Crippen molar-refractivity contribution in [1.82, 2.24) is 4.90 Å². The minimum Gasteiger partial charge on any atom is -0.366 e. The van der Waals surface area contributed by atoms with Crippen LogP contribution in [0.3, 0.4) is 0 Å². The molecule has 1 heterocycles. The van der Waals surface area contributed by atoms with Gasteiger partial charge in [0, 0.05) is 37.0 Å². The van der Waals surface area contributed by atoms with Gasteiger partial charge in [0.05, 0.1) is 11.4 Å². The van der Waals surface area contributed by atoms with Gasteiger partial charge in [0.15, 0.2) is 0 Å². The molecule has 0 bridgehead atoms. The first-order chi connectivity index (χ1) is 11.7. The fourth-order valence-corrected chi connectivity index (χ4v) is 3.76. The zero-order chi connectivity index (χ0) is 18.2. The van der Waals surface area contributed by atoms with Crippen molar-refractivity contribution >= 4 is 23.4 Å². The topological polar surface area (TPSA) is 23.6 Å². The first-order valence-electron chi connectivity index (χ1n) is 8.28. The van der Waals surface area contributed by atoms with Gasteiger partial charge in [-0.05, 0) is 37.5 Å². The van der Waals surface area contributed by atoms with Crippen molar-refractivity contribution < 1.29 is 22.4 Å². The average Bonchev–Trinajstić information content (AvgIpc) is 3.38. The van der Waals surface area contributed by atoms with E-state index in [4.69, 9.17) is 0 Å². The number of carbonyl (C=O) groups is 1. The van der Waals surface area contributed by atoms with Crippen LogP contribution in [0.25, 0.3) is 0 Å². The second kappa shape index (κ2) is 7.05. The molecular weight excluding hydrogens is 356 g/mol. The number of alkyl halides is 3. The van der Waals surface area contributed by atoms with Gasteiger partial charge in [-0.15, -0.1) is 11.8 Å². The lowest BCUT2D eigenvalue weighted by atomic mass is 10.1. The molecule has 1 saturated heterocycles. The van der Waals surface area contributed by atoms with Crippen molar-refractivity contribution in [3.05, 3.63) is 23.5 Å². The summed E-state index contributed by atoms with van der Waals surface area (Å²) in [5.74, 6) is -1.10. The molecule has 2 fully saturated rings. The summed E-state index contributed by atoms with van der Waals surface area (Å²) in [6.07, 6.45) is -2.36. The summed E-state index contributed by atoms with van der Waals surface area (Å²) in [6.45, 7) is 3.63. The Morgan fingerprint density at radius 2 is 1.84 bits per heavy atom. The van der Waals surface area contributed by atoms with Gasteiger partial charge in [-0.2, -0.15) is 13.2 Å². The maximum absolute atomic E-state index is 14.3. The maximum atomic E-state index is 14.3. The number of piperazine rings is 1. The fourth-order valence-electron chi connectivity index (χ4n) is 2.96. The number of halogens is 4. The predicted octanol–water partition coefficient (Wildman–Crippen LogP) is 3.85. The standard InChI is InChI=1S/C17H20F4N2OS/c1-11-8-13(18)14(9-15(11)25-10-17(19,20)21)22-4-6-23(7-5-22)16(24)12-2-3-12/h8-9,12H,2-7,10H2,1H3. The molecule has 2 aliphatic rings. The van der Waals surface area contributed by atoms with Crippen LogP contribution < -0.4 is 4.90 Å². The molecular formula is C17H20F4N2OS. The van der Waals surface area contributed by atoms with Crippen LogP contribution in [0.1, 0.15) is 18.4 Å². The smallest absolute Gasteiger partial charge is 0.366 e. The van der Waals surface area contributed by atoms with Crippen LogP contribution >= 0.6 is 11.8 Å². The SMILES string of the molecule is Cc1cc(F)c(N2CCN(C(=O)C3CC3)CC2)cc1SCC(F)(F)F. The van der Waals surface area contributed by atoms with E-state index in [1.165, 1.54) is 12.1 Å². The Labute approximate surface area is 148 Å². The summed E-state index contributed by atoms with van der Waals surface area (Å²) < 4.78 is 51.7. The van der Waals surface area contributed by atoms with Crippen LogP contribution in [0.5, 0.6) is 0 Å². The lowest BCUT2D eigenvalue weighted by Crippen LogP contribution is -2.49. The second-order valence-electron chi connectivity index (χ2n) is 6.56. The van der Waals surface area contributed by atoms with E-state index in [1.54, 1.807) is 11.8 Å². The van der Waals surface area contributed by atoms with Crippen LogP contribution in [0, 0.1) is 18.7 Å². The van der Waals surface area contributed by atoms with Crippen molar-refractivity contribution in [1.29, 1.82) is 0 Å². The van der Waals surface area contributed by atoms with E-state index in [1.807, 2.05) is 4.90 Å². The summed E-state index contributed by atoms with van der Waals surface area (Å²) in [7, 11) is 0. The third-order valence-corrected chi connectivity index (χ3v) is 5.72. The molecule has 0 radical (unpaired) electrons. The Morgan fingerprint density at radius 1 is 1.20 bits per heavy atom. The highest BCUT2D eigenvalue weighted by Crippen LogP contribution is 2.35. The van der Waals surface area contributed by atoms with Gasteiger partial charge in [0.25, 0.3) is 0 Å². The molecule has 0 atom stereocenters. The zero-order valence-corrected chi connectivity index (χ0v) is 14.7. The molecule has 1 aliphatic heterocycles. The van der Waals surface area contributed by atoms with Crippen LogP contribution in [-0.2, 0) is 4.79 Å². The van der Waals surface area contributed by atoms with Crippen molar-refractivity contribution in [3.63, 3.8) is 0 Å². The number of benzene rings is 1. The molecule has 1 saturated carbocycles. The first-order valence-corrected chi connectivity index (χ1v) is 9.26. The summed E-state index contributed by atoms with van der Waals surface area (Å²) in [4.78, 5) is 16.1. The monoisotopic (exact) mass is 376 g/mol.